The number of hydrogen-bond donors (Lipinski definition) is 1. The van der Waals surface area contributed by atoms with Gasteiger partial charge in [-0.2, -0.15) is 5.10 Å². The fourth-order valence-electron chi connectivity index (χ4n) is 1.95. The third-order valence-corrected chi connectivity index (χ3v) is 3.36. The number of benzene rings is 1. The Morgan fingerprint density at radius 1 is 1.21 bits per heavy atom. The van der Waals surface area contributed by atoms with Crippen LogP contribution in [-0.2, 0) is 6.42 Å². The fourth-order valence-corrected chi connectivity index (χ4v) is 1.95. The van der Waals surface area contributed by atoms with E-state index in [1.165, 1.54) is 0 Å². The maximum absolute atomic E-state index is 10.0. The molecule has 0 bridgehead atoms. The van der Waals surface area contributed by atoms with E-state index in [1.54, 1.807) is 0 Å². The second kappa shape index (κ2) is 5.57. The first-order valence-corrected chi connectivity index (χ1v) is 6.74. The van der Waals surface area contributed by atoms with Crippen LogP contribution in [-0.4, -0.2) is 21.0 Å². The zero-order valence-electron chi connectivity index (χ0n) is 11.9. The summed E-state index contributed by atoms with van der Waals surface area (Å²) in [7, 11) is 0. The molecule has 0 spiro atoms. The first kappa shape index (κ1) is 13.8. The van der Waals surface area contributed by atoms with E-state index in [9.17, 15) is 5.11 Å². The zero-order valence-corrected chi connectivity index (χ0v) is 11.9. The van der Waals surface area contributed by atoms with Gasteiger partial charge in [-0.1, -0.05) is 39.0 Å². The van der Waals surface area contributed by atoms with Gasteiger partial charge in [0.25, 0.3) is 0 Å². The normalized spacial score (nSPS) is 13.5. The predicted molar refractivity (Wildman–Crippen MR) is 77.3 cm³/mol. The van der Waals surface area contributed by atoms with Gasteiger partial charge < -0.3 is 5.11 Å². The lowest BCUT2D eigenvalue weighted by Crippen LogP contribution is -2.26. The van der Waals surface area contributed by atoms with E-state index in [2.05, 4.69) is 25.9 Å². The topological polar surface area (TPSA) is 38.1 Å². The summed E-state index contributed by atoms with van der Waals surface area (Å²) in [4.78, 5) is 0. The Balaban J connectivity index is 1.99. The van der Waals surface area contributed by atoms with E-state index < -0.39 is 0 Å². The molecular formula is C16H22N2O. The van der Waals surface area contributed by atoms with Crippen molar-refractivity contribution in [1.29, 1.82) is 0 Å². The molecular weight excluding hydrogens is 236 g/mol. The van der Waals surface area contributed by atoms with Crippen molar-refractivity contribution in [2.24, 2.45) is 5.41 Å². The molecule has 0 fully saturated rings. The minimum atomic E-state index is -0.285. The highest BCUT2D eigenvalue weighted by molar-refractivity contribution is 5.30. The van der Waals surface area contributed by atoms with Gasteiger partial charge in [0.15, 0.2) is 0 Å². The van der Waals surface area contributed by atoms with Gasteiger partial charge in [0, 0.05) is 6.20 Å². The summed E-state index contributed by atoms with van der Waals surface area (Å²) >= 11 is 0. The van der Waals surface area contributed by atoms with Crippen molar-refractivity contribution in [3.05, 3.63) is 48.3 Å². The monoisotopic (exact) mass is 258 g/mol. The van der Waals surface area contributed by atoms with E-state index in [-0.39, 0.29) is 11.5 Å². The lowest BCUT2D eigenvalue weighted by atomic mass is 9.86. The molecule has 3 nitrogen and oxygen atoms in total. The second-order valence-electron chi connectivity index (χ2n) is 6.05. The number of nitrogens with zero attached hydrogens (tertiary/aromatic N) is 2. The number of aryl methyl sites for hydroxylation is 1. The van der Waals surface area contributed by atoms with Crippen LogP contribution < -0.4 is 0 Å². The van der Waals surface area contributed by atoms with E-state index in [0.717, 1.165) is 24.1 Å². The molecule has 0 aliphatic heterocycles. The summed E-state index contributed by atoms with van der Waals surface area (Å²) in [5, 5.41) is 14.4. The molecule has 3 heteroatoms. The smallest absolute Gasteiger partial charge is 0.0645 e. The average molecular weight is 258 g/mol. The molecule has 0 amide bonds. The van der Waals surface area contributed by atoms with Crippen LogP contribution in [0.2, 0.25) is 0 Å². The van der Waals surface area contributed by atoms with Gasteiger partial charge >= 0.3 is 0 Å². The van der Waals surface area contributed by atoms with Crippen molar-refractivity contribution >= 4 is 0 Å². The molecule has 2 rings (SSSR count). The Morgan fingerprint density at radius 2 is 1.89 bits per heavy atom. The van der Waals surface area contributed by atoms with Crippen molar-refractivity contribution in [3.63, 3.8) is 0 Å². The van der Waals surface area contributed by atoms with Gasteiger partial charge in [-0.25, -0.2) is 4.68 Å². The highest BCUT2D eigenvalue weighted by Crippen LogP contribution is 2.23. The van der Waals surface area contributed by atoms with Crippen molar-refractivity contribution in [1.82, 2.24) is 9.78 Å². The Labute approximate surface area is 114 Å². The molecule has 0 radical (unpaired) electrons. The van der Waals surface area contributed by atoms with E-state index in [0.29, 0.717) is 0 Å². The molecule has 102 valence electrons. The number of hydrogen-bond acceptors (Lipinski definition) is 2. The SMILES string of the molecule is CC(C)(C)C(O)CCc1cnn(-c2ccccc2)c1. The molecule has 0 aliphatic rings. The van der Waals surface area contributed by atoms with E-state index in [1.807, 2.05) is 47.4 Å². The number of aromatic nitrogens is 2. The van der Waals surface area contributed by atoms with E-state index >= 15 is 0 Å². The summed E-state index contributed by atoms with van der Waals surface area (Å²) in [5.74, 6) is 0. The summed E-state index contributed by atoms with van der Waals surface area (Å²) in [6.07, 6.45) is 5.25. The Morgan fingerprint density at radius 3 is 2.53 bits per heavy atom. The van der Waals surface area contributed by atoms with Gasteiger partial charge in [-0.15, -0.1) is 0 Å². The summed E-state index contributed by atoms with van der Waals surface area (Å²) in [6, 6.07) is 10.1. The predicted octanol–water partition coefficient (Wildman–Crippen LogP) is 3.21. The maximum atomic E-state index is 10.0. The number of para-hydroxylation sites is 1. The van der Waals surface area contributed by atoms with Crippen LogP contribution in [0.5, 0.6) is 0 Å². The van der Waals surface area contributed by atoms with Gasteiger partial charge in [0.2, 0.25) is 0 Å². The molecule has 0 saturated carbocycles. The number of rotatable bonds is 4. The summed E-state index contributed by atoms with van der Waals surface area (Å²) in [6.45, 7) is 6.18. The Bertz CT molecular complexity index is 511. The molecule has 19 heavy (non-hydrogen) atoms. The van der Waals surface area contributed by atoms with Crippen LogP contribution in [0.3, 0.4) is 0 Å². The van der Waals surface area contributed by atoms with Crippen molar-refractivity contribution in [2.75, 3.05) is 0 Å². The van der Waals surface area contributed by atoms with Crippen LogP contribution >= 0.6 is 0 Å². The van der Waals surface area contributed by atoms with Crippen LogP contribution in [0.25, 0.3) is 5.69 Å². The highest BCUT2D eigenvalue weighted by atomic mass is 16.3. The molecule has 0 aliphatic carbocycles. The van der Waals surface area contributed by atoms with Crippen LogP contribution in [0.4, 0.5) is 0 Å². The zero-order chi connectivity index (χ0) is 13.9. The van der Waals surface area contributed by atoms with Gasteiger partial charge in [-0.3, -0.25) is 0 Å². The van der Waals surface area contributed by atoms with Crippen molar-refractivity contribution in [2.45, 2.75) is 39.7 Å². The number of aliphatic hydroxyl groups is 1. The minimum absolute atomic E-state index is 0.0601. The van der Waals surface area contributed by atoms with Crippen LogP contribution in [0.1, 0.15) is 32.8 Å². The third-order valence-electron chi connectivity index (χ3n) is 3.36. The van der Waals surface area contributed by atoms with Crippen molar-refractivity contribution in [3.8, 4) is 5.69 Å². The van der Waals surface area contributed by atoms with Crippen LogP contribution in [0, 0.1) is 5.41 Å². The van der Waals surface area contributed by atoms with Crippen LogP contribution in [0.15, 0.2) is 42.7 Å². The van der Waals surface area contributed by atoms with Gasteiger partial charge in [-0.05, 0) is 36.0 Å². The molecule has 0 saturated heterocycles. The maximum Gasteiger partial charge on any atom is 0.0645 e. The number of aliphatic hydroxyl groups excluding tert-OH is 1. The molecule has 1 heterocycles. The lowest BCUT2D eigenvalue weighted by molar-refractivity contribution is 0.0560. The molecule has 1 unspecified atom stereocenters. The molecule has 1 aromatic heterocycles. The summed E-state index contributed by atoms with van der Waals surface area (Å²) in [5.41, 5.74) is 2.16. The average Bonchev–Trinajstić information content (AvgIpc) is 2.84. The van der Waals surface area contributed by atoms with Gasteiger partial charge in [0.05, 0.1) is 18.0 Å². The lowest BCUT2D eigenvalue weighted by Gasteiger charge is -2.25. The fraction of sp³-hybridized carbons (Fsp3) is 0.438. The Kier molecular flexibility index (Phi) is 4.05. The Hall–Kier alpha value is -1.61. The summed E-state index contributed by atoms with van der Waals surface area (Å²) < 4.78 is 1.87. The standard InChI is InChI=1S/C16H22N2O/c1-16(2,3)15(19)10-9-13-11-17-18(12-13)14-7-5-4-6-8-14/h4-8,11-12,15,19H,9-10H2,1-3H3. The van der Waals surface area contributed by atoms with E-state index in [4.69, 9.17) is 0 Å². The highest BCUT2D eigenvalue weighted by Gasteiger charge is 2.21. The van der Waals surface area contributed by atoms with Crippen molar-refractivity contribution < 1.29 is 5.11 Å². The first-order valence-electron chi connectivity index (χ1n) is 6.74. The van der Waals surface area contributed by atoms with Gasteiger partial charge in [0.1, 0.15) is 0 Å². The molecule has 1 atom stereocenters. The molecule has 2 aromatic rings. The second-order valence-corrected chi connectivity index (χ2v) is 6.05. The molecule has 1 aromatic carbocycles. The molecule has 1 N–H and O–H groups in total. The quantitative estimate of drug-likeness (QED) is 0.914. The largest absolute Gasteiger partial charge is 0.393 e. The third kappa shape index (κ3) is 3.67. The first-order chi connectivity index (χ1) is 8.97. The minimum Gasteiger partial charge on any atom is -0.393 e.